The first-order valence-corrected chi connectivity index (χ1v) is 4.33. The highest BCUT2D eigenvalue weighted by atomic mass is 16.1. The molecule has 0 saturated carbocycles. The molecule has 2 N–H and O–H groups in total. The minimum Gasteiger partial charge on any atom is -0.366 e. The van der Waals surface area contributed by atoms with Gasteiger partial charge in [-0.2, -0.15) is 0 Å². The van der Waals surface area contributed by atoms with E-state index in [-0.39, 0.29) is 0 Å². The molecule has 0 unspecified atom stereocenters. The van der Waals surface area contributed by atoms with Crippen molar-refractivity contribution in [2.24, 2.45) is 5.73 Å². The van der Waals surface area contributed by atoms with Crippen LogP contribution >= 0.6 is 0 Å². The van der Waals surface area contributed by atoms with Crippen LogP contribution in [0.2, 0.25) is 0 Å². The molecule has 0 fully saturated rings. The van der Waals surface area contributed by atoms with Gasteiger partial charge >= 0.3 is 0 Å². The number of aryl methyl sites for hydroxylation is 1. The summed E-state index contributed by atoms with van der Waals surface area (Å²) in [5.74, 6) is -0.410. The number of benzene rings is 1. The fourth-order valence-corrected chi connectivity index (χ4v) is 1.53. The van der Waals surface area contributed by atoms with Crippen molar-refractivity contribution in [3.05, 3.63) is 41.6 Å². The predicted octanol–water partition coefficient (Wildman–Crippen LogP) is 1.64. The van der Waals surface area contributed by atoms with Gasteiger partial charge in [-0.25, -0.2) is 0 Å². The molecular weight excluding hydrogens is 176 g/mol. The molecule has 14 heavy (non-hydrogen) atoms. The number of nitrogens with zero attached hydrogens (tertiary/aromatic N) is 1. The third-order valence-electron chi connectivity index (χ3n) is 2.13. The van der Waals surface area contributed by atoms with Crippen molar-refractivity contribution in [1.82, 2.24) is 4.98 Å². The summed E-state index contributed by atoms with van der Waals surface area (Å²) in [5.41, 5.74) is 7.61. The molecule has 1 heterocycles. The van der Waals surface area contributed by atoms with Crippen LogP contribution in [-0.2, 0) is 0 Å². The molecule has 0 aliphatic rings. The van der Waals surface area contributed by atoms with Gasteiger partial charge in [0.05, 0.1) is 5.52 Å². The number of nitrogens with two attached hydrogens (primary N) is 1. The Morgan fingerprint density at radius 1 is 1.43 bits per heavy atom. The average molecular weight is 186 g/mol. The molecule has 0 atom stereocenters. The van der Waals surface area contributed by atoms with Gasteiger partial charge < -0.3 is 5.73 Å². The lowest BCUT2D eigenvalue weighted by Gasteiger charge is -2.03. The third-order valence-corrected chi connectivity index (χ3v) is 2.13. The van der Waals surface area contributed by atoms with Gasteiger partial charge in [-0.1, -0.05) is 6.07 Å². The summed E-state index contributed by atoms with van der Waals surface area (Å²) < 4.78 is 0. The monoisotopic (exact) mass is 186 g/mol. The largest absolute Gasteiger partial charge is 0.366 e. The number of aromatic nitrogens is 1. The molecule has 0 saturated heterocycles. The summed E-state index contributed by atoms with van der Waals surface area (Å²) in [6.45, 7) is 1.92. The lowest BCUT2D eigenvalue weighted by molar-refractivity contribution is 0.100. The van der Waals surface area contributed by atoms with Crippen LogP contribution in [0.25, 0.3) is 10.9 Å². The normalized spacial score (nSPS) is 10.4. The van der Waals surface area contributed by atoms with E-state index in [9.17, 15) is 4.79 Å². The zero-order valence-electron chi connectivity index (χ0n) is 7.82. The van der Waals surface area contributed by atoms with Crippen LogP contribution in [0.1, 0.15) is 15.9 Å². The fraction of sp³-hybridized carbons (Fsp3) is 0.0909. The summed E-state index contributed by atoms with van der Waals surface area (Å²) in [5, 5.41) is 0.811. The van der Waals surface area contributed by atoms with Crippen LogP contribution in [0.15, 0.2) is 30.5 Å². The predicted molar refractivity (Wildman–Crippen MR) is 55.0 cm³/mol. The molecule has 0 radical (unpaired) electrons. The van der Waals surface area contributed by atoms with Gasteiger partial charge in [0.1, 0.15) is 0 Å². The smallest absolute Gasteiger partial charge is 0.249 e. The van der Waals surface area contributed by atoms with Crippen molar-refractivity contribution >= 4 is 16.8 Å². The number of hydrogen-bond acceptors (Lipinski definition) is 2. The number of hydrogen-bond donors (Lipinski definition) is 1. The number of rotatable bonds is 1. The minimum atomic E-state index is -0.410. The van der Waals surface area contributed by atoms with E-state index in [1.807, 2.05) is 19.1 Å². The molecule has 0 aliphatic carbocycles. The van der Waals surface area contributed by atoms with Crippen LogP contribution in [-0.4, -0.2) is 10.9 Å². The molecule has 3 heteroatoms. The second-order valence-electron chi connectivity index (χ2n) is 3.25. The average Bonchev–Trinajstić information content (AvgIpc) is 2.16. The highest BCUT2D eigenvalue weighted by Gasteiger charge is 2.07. The van der Waals surface area contributed by atoms with E-state index in [4.69, 9.17) is 5.73 Å². The first-order valence-electron chi connectivity index (χ1n) is 4.33. The van der Waals surface area contributed by atoms with Crippen LogP contribution in [0.3, 0.4) is 0 Å². The maximum atomic E-state index is 11.2. The van der Waals surface area contributed by atoms with Crippen LogP contribution in [0.4, 0.5) is 0 Å². The molecule has 1 aromatic heterocycles. The van der Waals surface area contributed by atoms with E-state index >= 15 is 0 Å². The number of fused-ring (bicyclic) bond motifs is 1. The number of amides is 1. The number of carbonyl (C=O) groups is 1. The zero-order chi connectivity index (χ0) is 10.1. The molecule has 0 bridgehead atoms. The molecule has 70 valence electrons. The van der Waals surface area contributed by atoms with Crippen molar-refractivity contribution in [3.8, 4) is 0 Å². The molecular formula is C11H10N2O. The molecule has 0 aliphatic heterocycles. The van der Waals surface area contributed by atoms with Gasteiger partial charge in [-0.05, 0) is 30.7 Å². The summed E-state index contributed by atoms with van der Waals surface area (Å²) in [4.78, 5) is 15.3. The lowest BCUT2D eigenvalue weighted by atomic mass is 10.0. The standard InChI is InChI=1S/C11H10N2O/c1-7-5-9(11(12)14)8-3-2-4-13-10(8)6-7/h2-6H,1H3,(H2,12,14). The van der Waals surface area contributed by atoms with E-state index in [1.165, 1.54) is 0 Å². The Kier molecular flexibility index (Phi) is 1.93. The maximum Gasteiger partial charge on any atom is 0.249 e. The Morgan fingerprint density at radius 2 is 2.21 bits per heavy atom. The van der Waals surface area contributed by atoms with Crippen molar-refractivity contribution in [1.29, 1.82) is 0 Å². The Hall–Kier alpha value is -1.90. The van der Waals surface area contributed by atoms with E-state index in [2.05, 4.69) is 4.98 Å². The van der Waals surface area contributed by atoms with E-state index in [0.29, 0.717) is 5.56 Å². The van der Waals surface area contributed by atoms with E-state index in [0.717, 1.165) is 16.5 Å². The van der Waals surface area contributed by atoms with Gasteiger partial charge in [0.25, 0.3) is 0 Å². The van der Waals surface area contributed by atoms with Crippen molar-refractivity contribution < 1.29 is 4.79 Å². The SMILES string of the molecule is Cc1cc(C(N)=O)c2cccnc2c1. The first-order chi connectivity index (χ1) is 6.68. The van der Waals surface area contributed by atoms with Gasteiger partial charge in [0.2, 0.25) is 5.91 Å². The summed E-state index contributed by atoms with van der Waals surface area (Å²) >= 11 is 0. The second kappa shape index (κ2) is 3.10. The number of primary amides is 1. The fourth-order valence-electron chi connectivity index (χ4n) is 1.53. The lowest BCUT2D eigenvalue weighted by Crippen LogP contribution is -2.11. The first kappa shape index (κ1) is 8.69. The Balaban J connectivity index is 2.87. The van der Waals surface area contributed by atoms with Crippen LogP contribution in [0, 0.1) is 6.92 Å². The minimum absolute atomic E-state index is 0.410. The second-order valence-corrected chi connectivity index (χ2v) is 3.25. The summed E-state index contributed by atoms with van der Waals surface area (Å²) in [6.07, 6.45) is 1.70. The summed E-state index contributed by atoms with van der Waals surface area (Å²) in [7, 11) is 0. The van der Waals surface area contributed by atoms with Gasteiger partial charge in [-0.3, -0.25) is 9.78 Å². The molecule has 2 aromatic rings. The molecule has 0 spiro atoms. The van der Waals surface area contributed by atoms with Crippen molar-refractivity contribution in [3.63, 3.8) is 0 Å². The maximum absolute atomic E-state index is 11.2. The Bertz CT molecular complexity index is 506. The highest BCUT2D eigenvalue weighted by Crippen LogP contribution is 2.18. The molecule has 2 rings (SSSR count). The molecule has 3 nitrogen and oxygen atoms in total. The van der Waals surface area contributed by atoms with Gasteiger partial charge in [-0.15, -0.1) is 0 Å². The molecule has 1 aromatic carbocycles. The van der Waals surface area contributed by atoms with Crippen LogP contribution < -0.4 is 5.73 Å². The highest BCUT2D eigenvalue weighted by molar-refractivity contribution is 6.05. The number of carbonyl (C=O) groups excluding carboxylic acids is 1. The molecule has 1 amide bonds. The van der Waals surface area contributed by atoms with E-state index < -0.39 is 5.91 Å². The topological polar surface area (TPSA) is 56.0 Å². The van der Waals surface area contributed by atoms with Crippen molar-refractivity contribution in [2.45, 2.75) is 6.92 Å². The quantitative estimate of drug-likeness (QED) is 0.736. The van der Waals surface area contributed by atoms with Crippen LogP contribution in [0.5, 0.6) is 0 Å². The third kappa shape index (κ3) is 1.33. The van der Waals surface area contributed by atoms with Gasteiger partial charge in [0.15, 0.2) is 0 Å². The van der Waals surface area contributed by atoms with Gasteiger partial charge in [0, 0.05) is 17.1 Å². The Morgan fingerprint density at radius 3 is 2.93 bits per heavy atom. The number of pyridine rings is 1. The van der Waals surface area contributed by atoms with Crippen molar-refractivity contribution in [2.75, 3.05) is 0 Å². The van der Waals surface area contributed by atoms with E-state index in [1.54, 1.807) is 18.3 Å². The zero-order valence-corrected chi connectivity index (χ0v) is 7.82. The Labute approximate surface area is 81.6 Å². The summed E-state index contributed by atoms with van der Waals surface area (Å²) in [6, 6.07) is 7.36.